The predicted octanol–water partition coefficient (Wildman–Crippen LogP) is 12.9. The summed E-state index contributed by atoms with van der Waals surface area (Å²) in [7, 11) is 0.970. The van der Waals surface area contributed by atoms with Gasteiger partial charge in [-0.05, 0) is 45.3 Å². The second-order valence-corrected chi connectivity index (χ2v) is 17.7. The first-order chi connectivity index (χ1) is 21.5. The topological polar surface area (TPSA) is 38.3 Å². The van der Waals surface area contributed by atoms with Gasteiger partial charge in [0.25, 0.3) is 0 Å². The van der Waals surface area contributed by atoms with Crippen LogP contribution in [0.2, 0.25) is 12.6 Å². The third-order valence-electron chi connectivity index (χ3n) is 9.69. The normalized spacial score (nSPS) is 12.7. The maximum atomic E-state index is 12.2. The number of unbranched alkanes of at least 4 members (excludes halogenated alkanes) is 22. The largest absolute Gasteiger partial charge is 0.418 e. The van der Waals surface area contributed by atoms with Crippen LogP contribution in [0.1, 0.15) is 207 Å². The average Bonchev–Trinajstić information content (AvgIpc) is 3.03. The molecule has 0 aromatic carbocycles. The van der Waals surface area contributed by atoms with E-state index in [2.05, 4.69) is 39.7 Å². The number of likely N-dealkylation sites (N-methyl/N-ethyl adjacent to an activating group) is 1. The number of thioether (sulfide) groups is 1. The van der Waals surface area contributed by atoms with Gasteiger partial charge in [-0.3, -0.25) is 4.79 Å². The minimum atomic E-state index is -1.22. The molecule has 0 saturated carbocycles. The molecular weight excluding hydrogens is 575 g/mol. The van der Waals surface area contributed by atoms with Crippen LogP contribution in [-0.4, -0.2) is 39.1 Å². The van der Waals surface area contributed by atoms with Crippen molar-refractivity contribution in [3.05, 3.63) is 0 Å². The Balaban J connectivity index is 4.43. The Bertz CT molecular complexity index is 566. The summed E-state index contributed by atoms with van der Waals surface area (Å²) in [6, 6.07) is 1.19. The van der Waals surface area contributed by atoms with Crippen LogP contribution < -0.4 is 5.32 Å². The molecule has 0 aliphatic carbocycles. The third kappa shape index (κ3) is 29.6. The lowest BCUT2D eigenvalue weighted by Gasteiger charge is -2.35. The van der Waals surface area contributed by atoms with Crippen molar-refractivity contribution in [1.29, 1.82) is 0 Å². The van der Waals surface area contributed by atoms with Crippen molar-refractivity contribution in [2.75, 3.05) is 19.4 Å². The van der Waals surface area contributed by atoms with Gasteiger partial charge in [0.2, 0.25) is 0 Å². The molecule has 0 aliphatic heterocycles. The van der Waals surface area contributed by atoms with E-state index in [1.807, 2.05) is 0 Å². The molecule has 0 fully saturated rings. The minimum absolute atomic E-state index is 0.143. The van der Waals surface area contributed by atoms with E-state index >= 15 is 0 Å². The quantitative estimate of drug-likeness (QED) is 0.0538. The maximum absolute atomic E-state index is 12.2. The van der Waals surface area contributed by atoms with Crippen molar-refractivity contribution in [2.24, 2.45) is 0 Å². The van der Waals surface area contributed by atoms with E-state index in [9.17, 15) is 4.79 Å². The molecule has 0 heterocycles. The van der Waals surface area contributed by atoms with E-state index in [0.717, 1.165) is 31.6 Å². The van der Waals surface area contributed by atoms with Crippen LogP contribution in [-0.2, 0) is 9.22 Å². The summed E-state index contributed by atoms with van der Waals surface area (Å²) in [4.78, 5) is 12.2. The van der Waals surface area contributed by atoms with Crippen molar-refractivity contribution in [3.63, 3.8) is 0 Å². The molecule has 0 rings (SSSR count). The summed E-state index contributed by atoms with van der Waals surface area (Å²) in [5.74, 6) is 0.975. The summed E-state index contributed by atoms with van der Waals surface area (Å²) in [5, 5.41) is 4.20. The molecule has 0 spiro atoms. The Morgan fingerprint density at radius 1 is 0.591 bits per heavy atom. The Morgan fingerprint density at radius 3 is 1.39 bits per heavy atom. The van der Waals surface area contributed by atoms with E-state index in [1.54, 1.807) is 11.8 Å². The first-order valence-corrected chi connectivity index (χ1v) is 23.4. The zero-order valence-electron chi connectivity index (χ0n) is 30.9. The fraction of sp³-hybridized carbons (Fsp3) is 0.974. The highest BCUT2D eigenvalue weighted by Crippen LogP contribution is 2.25. The van der Waals surface area contributed by atoms with Gasteiger partial charge in [0.1, 0.15) is 0 Å². The number of rotatable bonds is 36. The molecular formula is C39H81NO2SSi. The van der Waals surface area contributed by atoms with Gasteiger partial charge in [-0.2, -0.15) is 0 Å². The van der Waals surface area contributed by atoms with Crippen molar-refractivity contribution in [1.82, 2.24) is 5.32 Å². The lowest BCUT2D eigenvalue weighted by molar-refractivity contribution is -0.111. The van der Waals surface area contributed by atoms with Crippen LogP contribution in [0.4, 0.5) is 0 Å². The highest BCUT2D eigenvalue weighted by Gasteiger charge is 2.28. The zero-order valence-corrected chi connectivity index (χ0v) is 32.9. The van der Waals surface area contributed by atoms with E-state index in [1.165, 1.54) is 173 Å². The van der Waals surface area contributed by atoms with E-state index in [0.29, 0.717) is 5.12 Å². The Hall–Kier alpha value is 0.157. The van der Waals surface area contributed by atoms with Crippen LogP contribution in [0.15, 0.2) is 0 Å². The van der Waals surface area contributed by atoms with Crippen LogP contribution in [0.25, 0.3) is 0 Å². The van der Waals surface area contributed by atoms with Crippen molar-refractivity contribution >= 4 is 25.9 Å². The van der Waals surface area contributed by atoms with Gasteiger partial charge in [0, 0.05) is 17.7 Å². The van der Waals surface area contributed by atoms with Gasteiger partial charge in [-0.1, -0.05) is 187 Å². The van der Waals surface area contributed by atoms with E-state index in [4.69, 9.17) is 4.43 Å². The van der Waals surface area contributed by atoms with Crippen molar-refractivity contribution in [3.8, 4) is 0 Å². The van der Waals surface area contributed by atoms with Crippen LogP contribution in [0, 0.1) is 0 Å². The van der Waals surface area contributed by atoms with Crippen molar-refractivity contribution < 1.29 is 9.22 Å². The Labute approximate surface area is 284 Å². The molecule has 0 amide bonds. The molecule has 44 heavy (non-hydrogen) atoms. The highest BCUT2D eigenvalue weighted by atomic mass is 32.2. The summed E-state index contributed by atoms with van der Waals surface area (Å²) in [6.07, 6.45) is 38.5. The number of nitrogens with one attached hydrogen (secondary N) is 1. The van der Waals surface area contributed by atoms with Gasteiger partial charge in [-0.25, -0.2) is 0 Å². The predicted molar refractivity (Wildman–Crippen MR) is 204 cm³/mol. The number of hydrogen-bond acceptors (Lipinski definition) is 4. The molecule has 0 bridgehead atoms. The fourth-order valence-electron chi connectivity index (χ4n) is 6.38. The first kappa shape index (κ1) is 44.2. The number of carbonyl (C=O) groups is 1. The Kier molecular flexibility index (Phi) is 34.6. The molecule has 1 unspecified atom stereocenters. The molecule has 1 atom stereocenters. The highest BCUT2D eigenvalue weighted by molar-refractivity contribution is 8.13. The average molecular weight is 656 g/mol. The van der Waals surface area contributed by atoms with E-state index < -0.39 is 9.04 Å². The molecule has 3 nitrogen and oxygen atoms in total. The minimum Gasteiger partial charge on any atom is -0.418 e. The molecule has 0 saturated heterocycles. The lowest BCUT2D eigenvalue weighted by atomic mass is 9.87. The molecule has 0 aliphatic rings. The first-order valence-electron chi connectivity index (χ1n) is 20.0. The maximum Gasteiger partial charge on any atom is 0.188 e. The second kappa shape index (κ2) is 34.5. The lowest BCUT2D eigenvalue weighted by Crippen LogP contribution is -2.48. The molecule has 264 valence electrons. The molecule has 0 radical (unpaired) electrons. The van der Waals surface area contributed by atoms with Crippen LogP contribution >= 0.6 is 11.8 Å². The van der Waals surface area contributed by atoms with Crippen LogP contribution in [0.5, 0.6) is 0 Å². The van der Waals surface area contributed by atoms with Gasteiger partial charge in [-0.15, -0.1) is 0 Å². The second-order valence-electron chi connectivity index (χ2n) is 14.0. The Morgan fingerprint density at radius 2 is 0.977 bits per heavy atom. The summed E-state index contributed by atoms with van der Waals surface area (Å²) >= 11 is 1.57. The van der Waals surface area contributed by atoms with Gasteiger partial charge >= 0.3 is 0 Å². The van der Waals surface area contributed by atoms with Gasteiger partial charge in [0.05, 0.1) is 6.61 Å². The zero-order chi connectivity index (χ0) is 32.4. The molecule has 0 aromatic heterocycles. The SMILES string of the molecule is CCCCCCCCCCCCC(CCCCCCCCCCCC)(CO[SiH](C)CCCSC(=O)CCCCCCC)NC. The number of hydrogen-bond donors (Lipinski definition) is 1. The van der Waals surface area contributed by atoms with E-state index in [-0.39, 0.29) is 5.54 Å². The van der Waals surface area contributed by atoms with Crippen molar-refractivity contribution in [2.45, 2.75) is 225 Å². The summed E-state index contributed by atoms with van der Waals surface area (Å²) in [5.41, 5.74) is 0.143. The number of carbonyl (C=O) groups excluding carboxylic acids is 1. The molecule has 5 heteroatoms. The molecule has 1 N–H and O–H groups in total. The summed E-state index contributed by atoms with van der Waals surface area (Å²) < 4.78 is 6.67. The smallest absolute Gasteiger partial charge is 0.188 e. The van der Waals surface area contributed by atoms with Gasteiger partial charge < -0.3 is 9.74 Å². The van der Waals surface area contributed by atoms with Gasteiger partial charge in [0.15, 0.2) is 14.2 Å². The molecule has 0 aromatic rings. The van der Waals surface area contributed by atoms with Crippen LogP contribution in [0.3, 0.4) is 0 Å². The third-order valence-corrected chi connectivity index (χ3v) is 12.7. The summed E-state index contributed by atoms with van der Waals surface area (Å²) in [6.45, 7) is 10.1. The standard InChI is InChI=1S/C39H81NO2SSi/c1-6-9-12-15-17-19-21-23-26-29-33-39(40-4,34-30-27-24-22-20-18-16-13-10-7-2)37-42-44(5)36-31-35-43-38(41)32-28-25-14-11-8-3/h40,44H,6-37H2,1-5H3. The monoisotopic (exact) mass is 656 g/mol. The fourth-order valence-corrected chi connectivity index (χ4v) is 9.05.